The van der Waals surface area contributed by atoms with Crippen molar-refractivity contribution in [2.24, 2.45) is 0 Å². The number of ether oxygens (including phenoxy) is 1. The van der Waals surface area contributed by atoms with Crippen LogP contribution in [0.25, 0.3) is 22.2 Å². The molecule has 180 valence electrons. The minimum atomic E-state index is -3.25. The number of aryl methyl sites for hydroxylation is 1. The third-order valence-electron chi connectivity index (χ3n) is 6.67. The highest BCUT2D eigenvalue weighted by molar-refractivity contribution is 7.88. The number of benzene rings is 1. The average molecular weight is 484 g/mol. The van der Waals surface area contributed by atoms with Crippen LogP contribution in [0.4, 0.5) is 5.95 Å². The number of hydrogen-bond acceptors (Lipinski definition) is 7. The number of piperidine rings is 1. The van der Waals surface area contributed by atoms with E-state index < -0.39 is 10.0 Å². The van der Waals surface area contributed by atoms with Crippen molar-refractivity contribution in [3.8, 4) is 11.1 Å². The van der Waals surface area contributed by atoms with Crippen LogP contribution in [0, 0.1) is 6.92 Å². The zero-order chi connectivity index (χ0) is 23.9. The quantitative estimate of drug-likeness (QED) is 0.594. The lowest BCUT2D eigenvalue weighted by Gasteiger charge is -2.31. The number of anilines is 1. The molecule has 0 spiro atoms. The largest absolute Gasteiger partial charge is 0.379 e. The third-order valence-corrected chi connectivity index (χ3v) is 7.94. The molecule has 1 aromatic carbocycles. The number of hydrogen-bond donors (Lipinski definition) is 1. The van der Waals surface area contributed by atoms with Gasteiger partial charge in [0.05, 0.1) is 18.9 Å². The van der Waals surface area contributed by atoms with Crippen molar-refractivity contribution in [1.82, 2.24) is 18.8 Å². The van der Waals surface area contributed by atoms with Crippen LogP contribution in [0.5, 0.6) is 0 Å². The van der Waals surface area contributed by atoms with Gasteiger partial charge in [-0.05, 0) is 43.4 Å². The minimum absolute atomic E-state index is 0.0946. The number of fused-ring (bicyclic) bond motifs is 1. The summed E-state index contributed by atoms with van der Waals surface area (Å²) in [5, 5.41) is 4.07. The Labute approximate surface area is 198 Å². The second kappa shape index (κ2) is 9.09. The summed E-state index contributed by atoms with van der Waals surface area (Å²) >= 11 is 0. The summed E-state index contributed by atoms with van der Waals surface area (Å²) in [6.07, 6.45) is 5.29. The molecule has 0 aliphatic carbocycles. The summed E-state index contributed by atoms with van der Waals surface area (Å²) in [4.78, 5) is 23.0. The molecular formula is C24H29N5O4S. The van der Waals surface area contributed by atoms with Gasteiger partial charge in [-0.3, -0.25) is 9.36 Å². The molecule has 9 nitrogen and oxygen atoms in total. The Morgan fingerprint density at radius 3 is 2.74 bits per heavy atom. The van der Waals surface area contributed by atoms with Gasteiger partial charge < -0.3 is 10.1 Å². The van der Waals surface area contributed by atoms with Crippen molar-refractivity contribution in [2.45, 2.75) is 38.3 Å². The number of pyridine rings is 1. The molecule has 1 N–H and O–H groups in total. The second-order valence-electron chi connectivity index (χ2n) is 9.14. The summed E-state index contributed by atoms with van der Waals surface area (Å²) in [5.74, 6) is 0.392. The van der Waals surface area contributed by atoms with Crippen molar-refractivity contribution >= 4 is 27.0 Å². The maximum atomic E-state index is 13.7. The highest BCUT2D eigenvalue weighted by Crippen LogP contribution is 2.28. The Bertz CT molecular complexity index is 1380. The van der Waals surface area contributed by atoms with Crippen LogP contribution in [-0.2, 0) is 14.8 Å². The van der Waals surface area contributed by atoms with Gasteiger partial charge in [0, 0.05) is 42.9 Å². The van der Waals surface area contributed by atoms with Crippen molar-refractivity contribution in [2.75, 3.05) is 37.9 Å². The molecule has 0 bridgehead atoms. The van der Waals surface area contributed by atoms with Gasteiger partial charge in [-0.2, -0.15) is 4.98 Å². The molecule has 2 fully saturated rings. The van der Waals surface area contributed by atoms with Crippen molar-refractivity contribution < 1.29 is 13.2 Å². The molecular weight excluding hydrogens is 454 g/mol. The standard InChI is InChI=1S/C24H29N5O4S/c1-16-6-3-4-8-20(16)21-12-17-13-25-24(26-18-7-5-10-28(14-18)34(2,31)32)27-22(17)29(23(21)30)19-9-11-33-15-19/h3-4,6,8,12-13,18-19H,5,7,9-11,14-15H2,1-2H3,(H,25,26,27)/t18-,19-/m0/s1. The predicted molar refractivity (Wildman–Crippen MR) is 132 cm³/mol. The van der Waals surface area contributed by atoms with Gasteiger partial charge in [0.2, 0.25) is 16.0 Å². The Hall–Kier alpha value is -2.82. The van der Waals surface area contributed by atoms with E-state index >= 15 is 0 Å². The minimum Gasteiger partial charge on any atom is -0.379 e. The second-order valence-corrected chi connectivity index (χ2v) is 11.1. The molecule has 3 aromatic rings. The summed E-state index contributed by atoms with van der Waals surface area (Å²) in [5.41, 5.74) is 3.01. The number of aromatic nitrogens is 3. The fourth-order valence-corrected chi connectivity index (χ4v) is 5.78. The number of rotatable bonds is 5. The first-order chi connectivity index (χ1) is 16.3. The fourth-order valence-electron chi connectivity index (χ4n) is 4.87. The van der Waals surface area contributed by atoms with E-state index in [1.54, 1.807) is 10.8 Å². The average Bonchev–Trinajstić information content (AvgIpc) is 3.33. The molecule has 34 heavy (non-hydrogen) atoms. The molecule has 2 atom stereocenters. The Balaban J connectivity index is 1.56. The molecule has 2 saturated heterocycles. The Kier molecular flexibility index (Phi) is 6.13. The molecule has 0 unspecified atom stereocenters. The molecule has 2 aliphatic rings. The number of nitrogens with one attached hydrogen (secondary N) is 1. The van der Waals surface area contributed by atoms with Gasteiger partial charge in [-0.1, -0.05) is 24.3 Å². The summed E-state index contributed by atoms with van der Waals surface area (Å²) < 4.78 is 32.8. The van der Waals surface area contributed by atoms with Crippen LogP contribution in [0.1, 0.15) is 30.9 Å². The van der Waals surface area contributed by atoms with Gasteiger partial charge in [-0.15, -0.1) is 0 Å². The Morgan fingerprint density at radius 1 is 1.18 bits per heavy atom. The van der Waals surface area contributed by atoms with Crippen LogP contribution in [0.3, 0.4) is 0 Å². The molecule has 2 aromatic heterocycles. The maximum absolute atomic E-state index is 13.7. The van der Waals surface area contributed by atoms with Crippen molar-refractivity contribution in [3.05, 3.63) is 52.4 Å². The van der Waals surface area contributed by atoms with Gasteiger partial charge in [-0.25, -0.2) is 17.7 Å². The van der Waals surface area contributed by atoms with E-state index in [1.165, 1.54) is 10.6 Å². The van der Waals surface area contributed by atoms with Crippen LogP contribution < -0.4 is 10.9 Å². The smallest absolute Gasteiger partial charge is 0.260 e. The number of sulfonamides is 1. The van der Waals surface area contributed by atoms with Gasteiger partial charge in [0.1, 0.15) is 5.65 Å². The first kappa shape index (κ1) is 22.9. The van der Waals surface area contributed by atoms with E-state index in [9.17, 15) is 13.2 Å². The normalized spacial score (nSPS) is 21.7. The highest BCUT2D eigenvalue weighted by atomic mass is 32.2. The van der Waals surface area contributed by atoms with Gasteiger partial charge >= 0.3 is 0 Å². The fraction of sp³-hybridized carbons (Fsp3) is 0.458. The SMILES string of the molecule is Cc1ccccc1-c1cc2cnc(N[C@H]3CCCN(S(C)(=O)=O)C3)nc2n([C@H]2CCOC2)c1=O. The summed E-state index contributed by atoms with van der Waals surface area (Å²) in [6, 6.07) is 9.51. The summed E-state index contributed by atoms with van der Waals surface area (Å²) in [7, 11) is -3.25. The lowest BCUT2D eigenvalue weighted by atomic mass is 10.0. The molecule has 5 rings (SSSR count). The Morgan fingerprint density at radius 2 is 2.00 bits per heavy atom. The van der Waals surface area contributed by atoms with E-state index in [1.807, 2.05) is 37.3 Å². The van der Waals surface area contributed by atoms with Crippen molar-refractivity contribution in [3.63, 3.8) is 0 Å². The van der Waals surface area contributed by atoms with Crippen LogP contribution in [0.2, 0.25) is 0 Å². The van der Waals surface area contributed by atoms with E-state index in [4.69, 9.17) is 9.72 Å². The molecule has 0 radical (unpaired) electrons. The van der Waals surface area contributed by atoms with E-state index in [0.29, 0.717) is 43.5 Å². The zero-order valence-corrected chi connectivity index (χ0v) is 20.2. The molecule has 0 saturated carbocycles. The van der Waals surface area contributed by atoms with Crippen molar-refractivity contribution in [1.29, 1.82) is 0 Å². The van der Waals surface area contributed by atoms with Crippen LogP contribution in [-0.4, -0.2) is 65.9 Å². The first-order valence-corrected chi connectivity index (χ1v) is 13.4. The van der Waals surface area contributed by atoms with E-state index in [2.05, 4.69) is 10.3 Å². The van der Waals surface area contributed by atoms with Crippen LogP contribution >= 0.6 is 0 Å². The van der Waals surface area contributed by atoms with E-state index in [-0.39, 0.29) is 17.6 Å². The topological polar surface area (TPSA) is 106 Å². The lowest BCUT2D eigenvalue weighted by molar-refractivity contribution is 0.186. The monoisotopic (exact) mass is 483 g/mol. The highest BCUT2D eigenvalue weighted by Gasteiger charge is 2.27. The summed E-state index contributed by atoms with van der Waals surface area (Å²) in [6.45, 7) is 3.96. The third kappa shape index (κ3) is 4.45. The van der Waals surface area contributed by atoms with Gasteiger partial charge in [0.15, 0.2) is 0 Å². The maximum Gasteiger partial charge on any atom is 0.260 e. The molecule has 4 heterocycles. The lowest BCUT2D eigenvalue weighted by Crippen LogP contribution is -2.44. The predicted octanol–water partition coefficient (Wildman–Crippen LogP) is 2.56. The molecule has 2 aliphatic heterocycles. The van der Waals surface area contributed by atoms with Crippen LogP contribution in [0.15, 0.2) is 41.3 Å². The van der Waals surface area contributed by atoms with Gasteiger partial charge in [0.25, 0.3) is 5.56 Å². The number of nitrogens with zero attached hydrogens (tertiary/aromatic N) is 4. The molecule has 0 amide bonds. The molecule has 10 heteroatoms. The van der Waals surface area contributed by atoms with E-state index in [0.717, 1.165) is 35.8 Å². The zero-order valence-electron chi connectivity index (χ0n) is 19.4. The first-order valence-electron chi connectivity index (χ1n) is 11.6.